The Hall–Kier alpha value is -2.05. The molecule has 0 aliphatic carbocycles. The maximum atomic E-state index is 10.7. The first kappa shape index (κ1) is 12.4. The van der Waals surface area contributed by atoms with Crippen LogP contribution in [0, 0.1) is 0 Å². The van der Waals surface area contributed by atoms with Crippen molar-refractivity contribution in [3.8, 4) is 11.5 Å². The molecule has 94 valence electrons. The summed E-state index contributed by atoms with van der Waals surface area (Å²) >= 11 is 1.38. The van der Waals surface area contributed by atoms with Crippen LogP contribution in [-0.2, 0) is 6.54 Å². The Labute approximate surface area is 108 Å². The van der Waals surface area contributed by atoms with Crippen LogP contribution in [0.4, 0.5) is 4.79 Å². The highest BCUT2D eigenvalue weighted by molar-refractivity contribution is 7.10. The van der Waals surface area contributed by atoms with Crippen LogP contribution in [0.5, 0.6) is 11.5 Å². The number of hydroxylamine groups is 2. The summed E-state index contributed by atoms with van der Waals surface area (Å²) in [6.07, 6.45) is 0. The molecular formula is C12H12N2O3S. The lowest BCUT2D eigenvalue weighted by molar-refractivity contribution is -0.0462. The standard InChI is InChI=1S/C12H12N2O3S/c13-12(15)14(16)7-11-6-10(8-18-11)17-9-4-2-1-3-5-9/h1-6,8,16H,7H2,(H2,13,15). The Morgan fingerprint density at radius 1 is 1.33 bits per heavy atom. The summed E-state index contributed by atoms with van der Waals surface area (Å²) < 4.78 is 5.60. The number of benzene rings is 1. The van der Waals surface area contributed by atoms with Gasteiger partial charge >= 0.3 is 6.03 Å². The number of para-hydroxylation sites is 1. The van der Waals surface area contributed by atoms with Gasteiger partial charge in [0, 0.05) is 10.3 Å². The second-order valence-electron chi connectivity index (χ2n) is 3.56. The summed E-state index contributed by atoms with van der Waals surface area (Å²) in [4.78, 5) is 11.5. The SMILES string of the molecule is NC(=O)N(O)Cc1cc(Oc2ccccc2)cs1. The summed E-state index contributed by atoms with van der Waals surface area (Å²) in [6, 6.07) is 10.2. The monoisotopic (exact) mass is 264 g/mol. The molecule has 18 heavy (non-hydrogen) atoms. The minimum Gasteiger partial charge on any atom is -0.456 e. The molecule has 3 N–H and O–H groups in total. The van der Waals surface area contributed by atoms with E-state index in [2.05, 4.69) is 0 Å². The van der Waals surface area contributed by atoms with Crippen LogP contribution >= 0.6 is 11.3 Å². The van der Waals surface area contributed by atoms with Crippen molar-refractivity contribution in [1.82, 2.24) is 5.06 Å². The average molecular weight is 264 g/mol. The second-order valence-corrected chi connectivity index (χ2v) is 4.56. The van der Waals surface area contributed by atoms with Crippen LogP contribution in [0.1, 0.15) is 4.88 Å². The van der Waals surface area contributed by atoms with Gasteiger partial charge in [-0.3, -0.25) is 5.21 Å². The van der Waals surface area contributed by atoms with Gasteiger partial charge in [-0.25, -0.2) is 9.86 Å². The molecule has 0 spiro atoms. The van der Waals surface area contributed by atoms with E-state index in [9.17, 15) is 10.0 Å². The number of ether oxygens (including phenoxy) is 1. The highest BCUT2D eigenvalue weighted by Crippen LogP contribution is 2.27. The van der Waals surface area contributed by atoms with Crippen molar-refractivity contribution in [3.63, 3.8) is 0 Å². The van der Waals surface area contributed by atoms with Crippen LogP contribution in [-0.4, -0.2) is 16.3 Å². The number of urea groups is 1. The molecule has 1 aromatic heterocycles. The van der Waals surface area contributed by atoms with Crippen molar-refractivity contribution in [2.45, 2.75) is 6.54 Å². The lowest BCUT2D eigenvalue weighted by atomic mass is 10.3. The van der Waals surface area contributed by atoms with Crippen molar-refractivity contribution in [2.75, 3.05) is 0 Å². The molecule has 0 atom stereocenters. The number of hydrogen-bond donors (Lipinski definition) is 2. The Morgan fingerprint density at radius 3 is 2.72 bits per heavy atom. The smallest absolute Gasteiger partial charge is 0.338 e. The quantitative estimate of drug-likeness (QED) is 0.658. The molecule has 0 aliphatic heterocycles. The number of nitrogens with two attached hydrogens (primary N) is 1. The van der Waals surface area contributed by atoms with Gasteiger partial charge in [0.15, 0.2) is 0 Å². The van der Waals surface area contributed by atoms with Crippen LogP contribution in [0.2, 0.25) is 0 Å². The summed E-state index contributed by atoms with van der Waals surface area (Å²) in [6.45, 7) is 0.0537. The summed E-state index contributed by atoms with van der Waals surface area (Å²) in [5.74, 6) is 1.40. The first-order chi connectivity index (χ1) is 8.65. The van der Waals surface area contributed by atoms with Gasteiger partial charge in [-0.05, 0) is 18.2 Å². The average Bonchev–Trinajstić information content (AvgIpc) is 2.77. The summed E-state index contributed by atoms with van der Waals surface area (Å²) in [5, 5.41) is 11.5. The Bertz CT molecular complexity index is 527. The van der Waals surface area contributed by atoms with Gasteiger partial charge in [0.1, 0.15) is 11.5 Å². The molecule has 2 aromatic rings. The van der Waals surface area contributed by atoms with Gasteiger partial charge in [-0.1, -0.05) is 18.2 Å². The van der Waals surface area contributed by atoms with Crippen LogP contribution < -0.4 is 10.5 Å². The van der Waals surface area contributed by atoms with E-state index < -0.39 is 6.03 Å². The fourth-order valence-corrected chi connectivity index (χ4v) is 2.11. The number of hydrogen-bond acceptors (Lipinski definition) is 4. The predicted octanol–water partition coefficient (Wildman–Crippen LogP) is 2.81. The molecule has 0 fully saturated rings. The normalized spacial score (nSPS) is 10.1. The summed E-state index contributed by atoms with van der Waals surface area (Å²) in [5.41, 5.74) is 4.92. The van der Waals surface area contributed by atoms with E-state index in [-0.39, 0.29) is 6.54 Å². The zero-order chi connectivity index (χ0) is 13.0. The lowest BCUT2D eigenvalue weighted by Gasteiger charge is -2.09. The predicted molar refractivity (Wildman–Crippen MR) is 67.7 cm³/mol. The Kier molecular flexibility index (Phi) is 3.81. The first-order valence-electron chi connectivity index (χ1n) is 5.21. The zero-order valence-electron chi connectivity index (χ0n) is 9.45. The molecular weight excluding hydrogens is 252 g/mol. The molecule has 1 heterocycles. The number of thiophene rings is 1. The minimum atomic E-state index is -0.881. The van der Waals surface area contributed by atoms with E-state index in [0.717, 1.165) is 10.6 Å². The number of nitrogens with zero attached hydrogens (tertiary/aromatic N) is 1. The number of amides is 2. The molecule has 0 saturated heterocycles. The lowest BCUT2D eigenvalue weighted by Crippen LogP contribution is -2.31. The number of primary amides is 1. The van der Waals surface area contributed by atoms with E-state index in [0.29, 0.717) is 10.8 Å². The van der Waals surface area contributed by atoms with Crippen molar-refractivity contribution in [1.29, 1.82) is 0 Å². The van der Waals surface area contributed by atoms with Gasteiger partial charge in [0.2, 0.25) is 0 Å². The molecule has 0 aliphatic rings. The van der Waals surface area contributed by atoms with Gasteiger partial charge < -0.3 is 10.5 Å². The molecule has 5 nitrogen and oxygen atoms in total. The number of carbonyl (C=O) groups is 1. The molecule has 0 saturated carbocycles. The van der Waals surface area contributed by atoms with Crippen molar-refractivity contribution < 1.29 is 14.7 Å². The topological polar surface area (TPSA) is 75.8 Å². The van der Waals surface area contributed by atoms with E-state index in [1.54, 1.807) is 11.4 Å². The molecule has 2 amide bonds. The van der Waals surface area contributed by atoms with Gasteiger partial charge in [-0.2, -0.15) is 0 Å². The molecule has 0 unspecified atom stereocenters. The van der Waals surface area contributed by atoms with Crippen molar-refractivity contribution in [3.05, 3.63) is 46.7 Å². The molecule has 1 aromatic carbocycles. The van der Waals surface area contributed by atoms with Gasteiger partial charge in [0.25, 0.3) is 0 Å². The molecule has 6 heteroatoms. The third-order valence-electron chi connectivity index (χ3n) is 2.17. The van der Waals surface area contributed by atoms with Crippen LogP contribution in [0.25, 0.3) is 0 Å². The zero-order valence-corrected chi connectivity index (χ0v) is 10.3. The van der Waals surface area contributed by atoms with Crippen molar-refractivity contribution >= 4 is 17.4 Å². The fourth-order valence-electron chi connectivity index (χ4n) is 1.35. The number of carbonyl (C=O) groups excluding carboxylic acids is 1. The molecule has 2 rings (SSSR count). The van der Waals surface area contributed by atoms with Crippen molar-refractivity contribution in [2.24, 2.45) is 5.73 Å². The highest BCUT2D eigenvalue weighted by atomic mass is 32.1. The van der Waals surface area contributed by atoms with Gasteiger partial charge in [0.05, 0.1) is 6.54 Å². The van der Waals surface area contributed by atoms with Crippen LogP contribution in [0.3, 0.4) is 0 Å². The highest BCUT2D eigenvalue weighted by Gasteiger charge is 2.09. The molecule has 0 bridgehead atoms. The maximum Gasteiger partial charge on any atom is 0.338 e. The Balaban J connectivity index is 2.00. The van der Waals surface area contributed by atoms with E-state index in [4.69, 9.17) is 10.5 Å². The third kappa shape index (κ3) is 3.22. The second kappa shape index (κ2) is 5.52. The van der Waals surface area contributed by atoms with E-state index in [1.165, 1.54) is 11.3 Å². The van der Waals surface area contributed by atoms with E-state index >= 15 is 0 Å². The van der Waals surface area contributed by atoms with Gasteiger partial charge in [-0.15, -0.1) is 11.3 Å². The first-order valence-corrected chi connectivity index (χ1v) is 6.09. The Morgan fingerprint density at radius 2 is 2.06 bits per heavy atom. The maximum absolute atomic E-state index is 10.7. The third-order valence-corrected chi connectivity index (χ3v) is 3.07. The molecule has 0 radical (unpaired) electrons. The largest absolute Gasteiger partial charge is 0.456 e. The van der Waals surface area contributed by atoms with Crippen LogP contribution in [0.15, 0.2) is 41.8 Å². The fraction of sp³-hybridized carbons (Fsp3) is 0.0833. The minimum absolute atomic E-state index is 0.0537. The van der Waals surface area contributed by atoms with E-state index in [1.807, 2.05) is 30.3 Å². The number of rotatable bonds is 4. The summed E-state index contributed by atoms with van der Waals surface area (Å²) in [7, 11) is 0.